The van der Waals surface area contributed by atoms with Gasteiger partial charge in [0.1, 0.15) is 5.75 Å². The molecule has 0 heterocycles. The highest BCUT2D eigenvalue weighted by molar-refractivity contribution is 5.78. The minimum absolute atomic E-state index is 0.00743. The highest BCUT2D eigenvalue weighted by Crippen LogP contribution is 2.13. The Bertz CT molecular complexity index is 736. The Kier molecular flexibility index (Phi) is 7.86. The molecule has 2 aromatic rings. The number of carbonyl (C=O) groups excluding carboxylic acids is 1. The van der Waals surface area contributed by atoms with Crippen LogP contribution in [0.5, 0.6) is 5.75 Å². The summed E-state index contributed by atoms with van der Waals surface area (Å²) in [6, 6.07) is 15.4. The van der Waals surface area contributed by atoms with Crippen LogP contribution in [0.2, 0.25) is 0 Å². The summed E-state index contributed by atoms with van der Waals surface area (Å²) in [5.74, 6) is 0.146. The Labute approximate surface area is 160 Å². The van der Waals surface area contributed by atoms with E-state index in [1.165, 1.54) is 5.56 Å². The molecule has 0 atom stereocenters. The molecule has 1 amide bonds. The van der Waals surface area contributed by atoms with E-state index in [0.29, 0.717) is 31.1 Å². The van der Waals surface area contributed by atoms with Crippen LogP contribution in [-0.2, 0) is 28.9 Å². The third-order valence-electron chi connectivity index (χ3n) is 4.05. The lowest BCUT2D eigenvalue weighted by molar-refractivity contribution is -0.139. The minimum Gasteiger partial charge on any atom is -0.482 e. The van der Waals surface area contributed by atoms with Crippen molar-refractivity contribution in [2.24, 2.45) is 5.92 Å². The Morgan fingerprint density at radius 1 is 0.963 bits per heavy atom. The highest BCUT2D eigenvalue weighted by atomic mass is 16.5. The smallest absolute Gasteiger partial charge is 0.341 e. The van der Waals surface area contributed by atoms with Gasteiger partial charge in [-0.2, -0.15) is 0 Å². The molecule has 0 unspecified atom stereocenters. The summed E-state index contributed by atoms with van der Waals surface area (Å²) in [6.07, 6.45) is 2.13. The number of aliphatic carboxylic acids is 1. The molecule has 5 heteroatoms. The molecule has 2 N–H and O–H groups in total. The second-order valence-corrected chi connectivity index (χ2v) is 7.02. The van der Waals surface area contributed by atoms with E-state index in [0.717, 1.165) is 17.5 Å². The van der Waals surface area contributed by atoms with Crippen LogP contribution in [0.1, 0.15) is 30.5 Å². The van der Waals surface area contributed by atoms with Gasteiger partial charge < -0.3 is 15.2 Å². The number of ether oxygens (including phenoxy) is 1. The van der Waals surface area contributed by atoms with Gasteiger partial charge in [-0.25, -0.2) is 4.79 Å². The van der Waals surface area contributed by atoms with Crippen molar-refractivity contribution in [1.29, 1.82) is 0 Å². The molecule has 144 valence electrons. The molecule has 0 spiro atoms. The van der Waals surface area contributed by atoms with Crippen molar-refractivity contribution in [3.05, 3.63) is 65.2 Å². The summed E-state index contributed by atoms with van der Waals surface area (Å²) in [5.41, 5.74) is 3.36. The van der Waals surface area contributed by atoms with Crippen molar-refractivity contribution < 1.29 is 19.4 Å². The number of carboxylic acid groups (broad SMARTS) is 1. The van der Waals surface area contributed by atoms with E-state index in [2.05, 4.69) is 31.3 Å². The fraction of sp³-hybridized carbons (Fsp3) is 0.364. The third-order valence-corrected chi connectivity index (χ3v) is 4.05. The molecule has 27 heavy (non-hydrogen) atoms. The SMILES string of the molecule is CC(C)Cc1ccc(CC(=O)NCCc2ccc(OCC(=O)O)cc2)cc1. The predicted octanol–water partition coefficient (Wildman–Crippen LogP) is 3.25. The largest absolute Gasteiger partial charge is 0.482 e. The topological polar surface area (TPSA) is 75.6 Å². The van der Waals surface area contributed by atoms with Crippen molar-refractivity contribution in [2.45, 2.75) is 33.1 Å². The van der Waals surface area contributed by atoms with E-state index < -0.39 is 5.97 Å². The average molecular weight is 369 g/mol. The van der Waals surface area contributed by atoms with Gasteiger partial charge in [0.2, 0.25) is 5.91 Å². The zero-order chi connectivity index (χ0) is 19.6. The zero-order valence-electron chi connectivity index (χ0n) is 15.9. The zero-order valence-corrected chi connectivity index (χ0v) is 15.9. The number of carboxylic acids is 1. The molecule has 0 radical (unpaired) electrons. The Hall–Kier alpha value is -2.82. The average Bonchev–Trinajstić information content (AvgIpc) is 2.62. The van der Waals surface area contributed by atoms with Gasteiger partial charge in [0.05, 0.1) is 6.42 Å². The minimum atomic E-state index is -1.00. The van der Waals surface area contributed by atoms with Gasteiger partial charge in [-0.3, -0.25) is 4.79 Å². The van der Waals surface area contributed by atoms with Crippen LogP contribution >= 0.6 is 0 Å². The Morgan fingerprint density at radius 3 is 2.15 bits per heavy atom. The van der Waals surface area contributed by atoms with E-state index in [9.17, 15) is 9.59 Å². The van der Waals surface area contributed by atoms with Crippen molar-refractivity contribution >= 4 is 11.9 Å². The molecule has 2 rings (SSSR count). The Morgan fingerprint density at radius 2 is 1.56 bits per heavy atom. The van der Waals surface area contributed by atoms with Gasteiger partial charge in [0.15, 0.2) is 6.61 Å². The summed E-state index contributed by atoms with van der Waals surface area (Å²) >= 11 is 0. The number of nitrogens with one attached hydrogen (secondary N) is 1. The van der Waals surface area contributed by atoms with E-state index >= 15 is 0 Å². The molecule has 2 aromatic carbocycles. The van der Waals surface area contributed by atoms with Crippen LogP contribution in [0.15, 0.2) is 48.5 Å². The fourth-order valence-corrected chi connectivity index (χ4v) is 2.76. The molecular weight excluding hydrogens is 342 g/mol. The summed E-state index contributed by atoms with van der Waals surface area (Å²) in [5, 5.41) is 11.5. The van der Waals surface area contributed by atoms with Crippen LogP contribution < -0.4 is 10.1 Å². The lowest BCUT2D eigenvalue weighted by atomic mass is 10.0. The van der Waals surface area contributed by atoms with Gasteiger partial charge >= 0.3 is 5.97 Å². The van der Waals surface area contributed by atoms with Gasteiger partial charge in [-0.15, -0.1) is 0 Å². The van der Waals surface area contributed by atoms with Crippen molar-refractivity contribution in [2.75, 3.05) is 13.2 Å². The van der Waals surface area contributed by atoms with E-state index in [1.807, 2.05) is 24.3 Å². The highest BCUT2D eigenvalue weighted by Gasteiger charge is 2.05. The fourth-order valence-electron chi connectivity index (χ4n) is 2.76. The first-order valence-electron chi connectivity index (χ1n) is 9.20. The third kappa shape index (κ3) is 7.94. The molecule has 0 bridgehead atoms. The quantitative estimate of drug-likeness (QED) is 0.674. The number of hydrogen-bond donors (Lipinski definition) is 2. The van der Waals surface area contributed by atoms with E-state index in [-0.39, 0.29) is 12.5 Å². The van der Waals surface area contributed by atoms with Gasteiger partial charge in [0, 0.05) is 6.54 Å². The molecule has 0 fully saturated rings. The second kappa shape index (κ2) is 10.4. The summed E-state index contributed by atoms with van der Waals surface area (Å²) in [4.78, 5) is 22.6. The van der Waals surface area contributed by atoms with Crippen LogP contribution in [0.25, 0.3) is 0 Å². The Balaban J connectivity index is 1.71. The monoisotopic (exact) mass is 369 g/mol. The summed E-state index contributed by atoms with van der Waals surface area (Å²) < 4.78 is 5.09. The van der Waals surface area contributed by atoms with Crippen molar-refractivity contribution in [1.82, 2.24) is 5.32 Å². The maximum Gasteiger partial charge on any atom is 0.341 e. The van der Waals surface area contributed by atoms with Crippen molar-refractivity contribution in [3.8, 4) is 5.75 Å². The first kappa shape index (κ1) is 20.5. The summed E-state index contributed by atoms with van der Waals surface area (Å²) in [7, 11) is 0. The van der Waals surface area contributed by atoms with Gasteiger partial charge in [-0.1, -0.05) is 50.2 Å². The lowest BCUT2D eigenvalue weighted by Crippen LogP contribution is -2.27. The van der Waals surface area contributed by atoms with E-state index in [4.69, 9.17) is 9.84 Å². The molecule has 0 saturated heterocycles. The molecule has 0 aliphatic rings. The maximum absolute atomic E-state index is 12.1. The van der Waals surface area contributed by atoms with Crippen LogP contribution in [-0.4, -0.2) is 30.1 Å². The van der Waals surface area contributed by atoms with Crippen LogP contribution in [0.3, 0.4) is 0 Å². The normalized spacial score (nSPS) is 10.6. The number of benzene rings is 2. The maximum atomic E-state index is 12.1. The molecule has 0 aromatic heterocycles. The molecule has 5 nitrogen and oxygen atoms in total. The molecule has 0 aliphatic heterocycles. The molecule has 0 saturated carbocycles. The van der Waals surface area contributed by atoms with E-state index in [1.54, 1.807) is 12.1 Å². The number of rotatable bonds is 10. The first-order chi connectivity index (χ1) is 12.9. The predicted molar refractivity (Wildman–Crippen MR) is 105 cm³/mol. The number of carbonyl (C=O) groups is 2. The van der Waals surface area contributed by atoms with Crippen molar-refractivity contribution in [3.63, 3.8) is 0 Å². The second-order valence-electron chi connectivity index (χ2n) is 7.02. The van der Waals surface area contributed by atoms with Gasteiger partial charge in [-0.05, 0) is 47.6 Å². The van der Waals surface area contributed by atoms with Crippen LogP contribution in [0, 0.1) is 5.92 Å². The standard InChI is InChI=1S/C22H27NO4/c1-16(2)13-18-3-5-19(6-4-18)14-21(24)23-12-11-17-7-9-20(10-8-17)27-15-22(25)26/h3-10,16H,11-15H2,1-2H3,(H,23,24)(H,25,26). The number of amides is 1. The first-order valence-corrected chi connectivity index (χ1v) is 9.20. The van der Waals surface area contributed by atoms with Gasteiger partial charge in [0.25, 0.3) is 0 Å². The molecular formula is C22H27NO4. The lowest BCUT2D eigenvalue weighted by Gasteiger charge is -2.08. The molecule has 0 aliphatic carbocycles. The van der Waals surface area contributed by atoms with Crippen LogP contribution in [0.4, 0.5) is 0 Å². The number of hydrogen-bond acceptors (Lipinski definition) is 3. The summed E-state index contributed by atoms with van der Waals surface area (Å²) in [6.45, 7) is 4.59.